The van der Waals surface area contributed by atoms with Gasteiger partial charge in [0, 0.05) is 8.95 Å². The van der Waals surface area contributed by atoms with Crippen LogP contribution < -0.4 is 0 Å². The van der Waals surface area contributed by atoms with Crippen LogP contribution in [0.4, 0.5) is 0 Å². The Hall–Kier alpha value is -1.38. The largest absolute Gasteiger partial charge is 0.0530 e. The maximum atomic E-state index is 3.55. The first-order chi connectivity index (χ1) is 11.4. The molecule has 0 aliphatic heterocycles. The molecule has 3 aromatic carbocycles. The van der Waals surface area contributed by atoms with Crippen molar-refractivity contribution in [2.75, 3.05) is 0 Å². The second-order valence-electron chi connectivity index (χ2n) is 6.40. The molecule has 3 rings (SSSR count). The van der Waals surface area contributed by atoms with Crippen LogP contribution in [0.2, 0.25) is 0 Å². The zero-order chi connectivity index (χ0) is 17.4. The highest BCUT2D eigenvalue weighted by atomic mass is 79.9. The molecule has 2 heteroatoms. The Morgan fingerprint density at radius 2 is 0.792 bits per heavy atom. The Labute approximate surface area is 161 Å². The first kappa shape index (κ1) is 17.4. The molecule has 0 aliphatic rings. The first-order valence-corrected chi connectivity index (χ1v) is 9.59. The molecule has 3 aromatic rings. The molecule has 0 fully saturated rings. The molecule has 0 unspecified atom stereocenters. The number of hydrogen-bond acceptors (Lipinski definition) is 0. The van der Waals surface area contributed by atoms with E-state index in [1.54, 1.807) is 0 Å². The standard InChI is InChI=1S/C22H20Br2/c1-13-9-17(23)5-7-19(13)21-11-16(4)22(12-15(21)3)20-8-6-18(24)10-14(20)2/h5-12H,1-4H3. The van der Waals surface area contributed by atoms with Gasteiger partial charge in [-0.15, -0.1) is 0 Å². The molecule has 0 nitrogen and oxygen atoms in total. The van der Waals surface area contributed by atoms with Crippen molar-refractivity contribution in [3.05, 3.63) is 79.7 Å². The van der Waals surface area contributed by atoms with E-state index in [1.165, 1.54) is 44.5 Å². The van der Waals surface area contributed by atoms with Crippen LogP contribution in [-0.2, 0) is 0 Å². The van der Waals surface area contributed by atoms with Gasteiger partial charge in [0.25, 0.3) is 0 Å². The SMILES string of the molecule is Cc1cc(Br)ccc1-c1cc(C)c(-c2ccc(Br)cc2C)cc1C. The van der Waals surface area contributed by atoms with Crippen molar-refractivity contribution < 1.29 is 0 Å². The topological polar surface area (TPSA) is 0 Å². The van der Waals surface area contributed by atoms with E-state index in [-0.39, 0.29) is 0 Å². The van der Waals surface area contributed by atoms with Gasteiger partial charge in [-0.3, -0.25) is 0 Å². The Kier molecular flexibility index (Phi) is 4.98. The summed E-state index contributed by atoms with van der Waals surface area (Å²) in [6, 6.07) is 17.6. The van der Waals surface area contributed by atoms with Crippen LogP contribution in [0.25, 0.3) is 22.3 Å². The van der Waals surface area contributed by atoms with Crippen LogP contribution in [0, 0.1) is 27.7 Å². The fourth-order valence-electron chi connectivity index (χ4n) is 3.26. The Morgan fingerprint density at radius 1 is 0.458 bits per heavy atom. The van der Waals surface area contributed by atoms with E-state index in [1.807, 2.05) is 0 Å². The highest BCUT2D eigenvalue weighted by Gasteiger charge is 2.12. The van der Waals surface area contributed by atoms with Gasteiger partial charge in [-0.05, 0) is 96.5 Å². The minimum atomic E-state index is 1.13. The van der Waals surface area contributed by atoms with Crippen LogP contribution in [0.3, 0.4) is 0 Å². The normalized spacial score (nSPS) is 10.9. The molecular weight excluding hydrogens is 424 g/mol. The molecule has 0 saturated carbocycles. The molecule has 0 radical (unpaired) electrons. The van der Waals surface area contributed by atoms with Crippen molar-refractivity contribution in [1.82, 2.24) is 0 Å². The van der Waals surface area contributed by atoms with Gasteiger partial charge in [-0.2, -0.15) is 0 Å². The van der Waals surface area contributed by atoms with Crippen molar-refractivity contribution in [3.8, 4) is 22.3 Å². The second kappa shape index (κ2) is 6.85. The lowest BCUT2D eigenvalue weighted by atomic mass is 9.89. The third-order valence-electron chi connectivity index (χ3n) is 4.53. The van der Waals surface area contributed by atoms with E-state index in [4.69, 9.17) is 0 Å². The lowest BCUT2D eigenvalue weighted by Crippen LogP contribution is -1.93. The molecule has 0 heterocycles. The van der Waals surface area contributed by atoms with E-state index in [0.29, 0.717) is 0 Å². The van der Waals surface area contributed by atoms with Crippen molar-refractivity contribution in [1.29, 1.82) is 0 Å². The lowest BCUT2D eigenvalue weighted by Gasteiger charge is -2.16. The summed E-state index contributed by atoms with van der Waals surface area (Å²) in [6.45, 7) is 8.74. The molecule has 0 amide bonds. The highest BCUT2D eigenvalue weighted by Crippen LogP contribution is 2.35. The lowest BCUT2D eigenvalue weighted by molar-refractivity contribution is 1.35. The summed E-state index contributed by atoms with van der Waals surface area (Å²) >= 11 is 7.11. The fraction of sp³-hybridized carbons (Fsp3) is 0.182. The molecule has 24 heavy (non-hydrogen) atoms. The Morgan fingerprint density at radius 3 is 1.12 bits per heavy atom. The molecule has 0 saturated heterocycles. The molecule has 0 bridgehead atoms. The third kappa shape index (κ3) is 3.36. The molecule has 0 atom stereocenters. The van der Waals surface area contributed by atoms with E-state index >= 15 is 0 Å². The van der Waals surface area contributed by atoms with E-state index in [0.717, 1.165) is 8.95 Å². The van der Waals surface area contributed by atoms with Gasteiger partial charge in [0.15, 0.2) is 0 Å². The van der Waals surface area contributed by atoms with E-state index in [9.17, 15) is 0 Å². The van der Waals surface area contributed by atoms with Gasteiger partial charge in [-0.1, -0.05) is 56.1 Å². The summed E-state index contributed by atoms with van der Waals surface area (Å²) in [5.74, 6) is 0. The molecule has 0 aromatic heterocycles. The maximum Gasteiger partial charge on any atom is 0.0178 e. The number of hydrogen-bond donors (Lipinski definition) is 0. The van der Waals surface area contributed by atoms with Crippen molar-refractivity contribution in [3.63, 3.8) is 0 Å². The molecule has 0 aliphatic carbocycles. The smallest absolute Gasteiger partial charge is 0.0178 e. The highest BCUT2D eigenvalue weighted by molar-refractivity contribution is 9.10. The molecular formula is C22H20Br2. The second-order valence-corrected chi connectivity index (χ2v) is 8.23. The minimum Gasteiger partial charge on any atom is -0.0530 e. The monoisotopic (exact) mass is 442 g/mol. The predicted molar refractivity (Wildman–Crippen MR) is 112 cm³/mol. The summed E-state index contributed by atoms with van der Waals surface area (Å²) in [6.07, 6.45) is 0. The number of rotatable bonds is 2. The van der Waals surface area contributed by atoms with Gasteiger partial charge in [-0.25, -0.2) is 0 Å². The Balaban J connectivity index is 2.15. The summed E-state index contributed by atoms with van der Waals surface area (Å²) in [4.78, 5) is 0. The van der Waals surface area contributed by atoms with Crippen LogP contribution in [0.5, 0.6) is 0 Å². The van der Waals surface area contributed by atoms with E-state index in [2.05, 4.69) is 108 Å². The van der Waals surface area contributed by atoms with Gasteiger partial charge in [0.05, 0.1) is 0 Å². The summed E-state index contributed by atoms with van der Waals surface area (Å²) in [5.41, 5.74) is 10.4. The Bertz CT molecular complexity index is 846. The quantitative estimate of drug-likeness (QED) is 0.379. The minimum absolute atomic E-state index is 1.13. The van der Waals surface area contributed by atoms with Crippen molar-refractivity contribution >= 4 is 31.9 Å². The van der Waals surface area contributed by atoms with Crippen molar-refractivity contribution in [2.24, 2.45) is 0 Å². The van der Waals surface area contributed by atoms with Gasteiger partial charge >= 0.3 is 0 Å². The van der Waals surface area contributed by atoms with Gasteiger partial charge < -0.3 is 0 Å². The van der Waals surface area contributed by atoms with Gasteiger partial charge in [0.2, 0.25) is 0 Å². The average molecular weight is 444 g/mol. The van der Waals surface area contributed by atoms with Gasteiger partial charge in [0.1, 0.15) is 0 Å². The molecule has 0 spiro atoms. The summed E-state index contributed by atoms with van der Waals surface area (Å²) in [5, 5.41) is 0. The van der Waals surface area contributed by atoms with Crippen molar-refractivity contribution in [2.45, 2.75) is 27.7 Å². The number of benzene rings is 3. The third-order valence-corrected chi connectivity index (χ3v) is 5.52. The summed E-state index contributed by atoms with van der Waals surface area (Å²) in [7, 11) is 0. The zero-order valence-electron chi connectivity index (χ0n) is 14.4. The van der Waals surface area contributed by atoms with Crippen LogP contribution in [-0.4, -0.2) is 0 Å². The fourth-order valence-corrected chi connectivity index (χ4v) is 4.21. The van der Waals surface area contributed by atoms with E-state index < -0.39 is 0 Å². The number of halogens is 2. The predicted octanol–water partition coefficient (Wildman–Crippen LogP) is 7.78. The first-order valence-electron chi connectivity index (χ1n) is 8.01. The van der Waals surface area contributed by atoms with Crippen LogP contribution in [0.1, 0.15) is 22.3 Å². The van der Waals surface area contributed by atoms with Crippen LogP contribution in [0.15, 0.2) is 57.5 Å². The zero-order valence-corrected chi connectivity index (χ0v) is 17.5. The molecule has 122 valence electrons. The van der Waals surface area contributed by atoms with Crippen LogP contribution >= 0.6 is 31.9 Å². The summed E-state index contributed by atoms with van der Waals surface area (Å²) < 4.78 is 2.25. The molecule has 0 N–H and O–H groups in total. The number of aryl methyl sites for hydroxylation is 4. The average Bonchev–Trinajstić information content (AvgIpc) is 2.50. The maximum absolute atomic E-state index is 3.55.